The van der Waals surface area contributed by atoms with Crippen molar-refractivity contribution >= 4 is 0 Å². The molecular weight excluding hydrogens is 172 g/mol. The fourth-order valence-corrected chi connectivity index (χ4v) is 2.01. The van der Waals surface area contributed by atoms with Crippen LogP contribution in [-0.4, -0.2) is 37.6 Å². The molecule has 0 aliphatic heterocycles. The van der Waals surface area contributed by atoms with E-state index in [0.717, 1.165) is 6.54 Å². The monoisotopic (exact) mass is 200 g/mol. The van der Waals surface area contributed by atoms with Crippen LogP contribution in [0.1, 0.15) is 40.5 Å². The molecule has 0 radical (unpaired) electrons. The van der Waals surface area contributed by atoms with Crippen molar-refractivity contribution in [3.63, 3.8) is 0 Å². The van der Waals surface area contributed by atoms with Crippen molar-refractivity contribution in [1.29, 1.82) is 0 Å². The molecule has 2 nitrogen and oxygen atoms in total. The van der Waals surface area contributed by atoms with Crippen molar-refractivity contribution in [3.05, 3.63) is 0 Å². The van der Waals surface area contributed by atoms with Gasteiger partial charge in [0.05, 0.1) is 0 Å². The van der Waals surface area contributed by atoms with Crippen LogP contribution in [0.4, 0.5) is 0 Å². The van der Waals surface area contributed by atoms with E-state index in [0.29, 0.717) is 18.0 Å². The molecule has 0 heterocycles. The van der Waals surface area contributed by atoms with E-state index in [1.54, 1.807) is 0 Å². The number of nitrogens with one attached hydrogen (secondary N) is 1. The lowest BCUT2D eigenvalue weighted by molar-refractivity contribution is 0.137. The van der Waals surface area contributed by atoms with Crippen molar-refractivity contribution < 1.29 is 0 Å². The van der Waals surface area contributed by atoms with Crippen LogP contribution in [0.2, 0.25) is 0 Å². The summed E-state index contributed by atoms with van der Waals surface area (Å²) in [6.07, 6.45) is 2.57. The number of nitrogens with zero attached hydrogens (tertiary/aromatic N) is 1. The van der Waals surface area contributed by atoms with Gasteiger partial charge in [0.15, 0.2) is 0 Å². The maximum absolute atomic E-state index is 3.29. The van der Waals surface area contributed by atoms with Gasteiger partial charge in [-0.15, -0.1) is 0 Å². The minimum absolute atomic E-state index is 0.654. The zero-order chi connectivity index (χ0) is 11.1. The number of hydrogen-bond donors (Lipinski definition) is 1. The first-order valence-corrected chi connectivity index (χ1v) is 5.91. The van der Waals surface area contributed by atoms with Gasteiger partial charge in [0, 0.05) is 18.6 Å². The molecule has 0 saturated heterocycles. The van der Waals surface area contributed by atoms with Crippen LogP contribution in [0.15, 0.2) is 0 Å². The lowest BCUT2D eigenvalue weighted by atomic mass is 10.0. The van der Waals surface area contributed by atoms with Gasteiger partial charge >= 0.3 is 0 Å². The predicted octanol–water partition coefficient (Wildman–Crippen LogP) is 2.35. The summed E-state index contributed by atoms with van der Waals surface area (Å²) in [4.78, 5) is 2.52. The van der Waals surface area contributed by atoms with Gasteiger partial charge < -0.3 is 5.32 Å². The van der Waals surface area contributed by atoms with Gasteiger partial charge in [0.25, 0.3) is 0 Å². The summed E-state index contributed by atoms with van der Waals surface area (Å²) in [6, 6.07) is 1.35. The van der Waals surface area contributed by atoms with Crippen LogP contribution < -0.4 is 5.32 Å². The fourth-order valence-electron chi connectivity index (χ4n) is 2.01. The van der Waals surface area contributed by atoms with Crippen molar-refractivity contribution in [2.75, 3.05) is 20.6 Å². The van der Waals surface area contributed by atoms with Crippen LogP contribution in [0, 0.1) is 5.92 Å². The highest BCUT2D eigenvalue weighted by molar-refractivity contribution is 4.77. The Kier molecular flexibility index (Phi) is 7.20. The molecule has 0 aromatic carbocycles. The van der Waals surface area contributed by atoms with Gasteiger partial charge in [0.2, 0.25) is 0 Å². The second kappa shape index (κ2) is 7.24. The van der Waals surface area contributed by atoms with Gasteiger partial charge in [-0.3, -0.25) is 4.90 Å². The molecule has 0 spiro atoms. The Morgan fingerprint density at radius 1 is 1.21 bits per heavy atom. The second-order valence-electron chi connectivity index (χ2n) is 4.67. The summed E-state index contributed by atoms with van der Waals surface area (Å²) in [5.74, 6) is 0.715. The van der Waals surface area contributed by atoms with E-state index < -0.39 is 0 Å². The normalized spacial score (nSPS) is 16.3. The van der Waals surface area contributed by atoms with Crippen molar-refractivity contribution in [2.24, 2.45) is 5.92 Å². The Balaban J connectivity index is 4.19. The Morgan fingerprint density at radius 3 is 2.14 bits per heavy atom. The topological polar surface area (TPSA) is 15.3 Å². The Morgan fingerprint density at radius 2 is 1.79 bits per heavy atom. The summed E-state index contributed by atoms with van der Waals surface area (Å²) in [5.41, 5.74) is 0. The quantitative estimate of drug-likeness (QED) is 0.678. The molecule has 0 bridgehead atoms. The molecule has 1 N–H and O–H groups in total. The zero-order valence-electron chi connectivity index (χ0n) is 10.8. The summed E-state index contributed by atoms with van der Waals surface area (Å²) >= 11 is 0. The standard InChI is InChI=1S/C12H28N2/c1-7-8-11(4)14(6)12(9-13-5)10(2)3/h10-13H,7-9H2,1-6H3. The lowest BCUT2D eigenvalue weighted by Gasteiger charge is -2.35. The zero-order valence-corrected chi connectivity index (χ0v) is 10.8. The van der Waals surface area contributed by atoms with E-state index in [4.69, 9.17) is 0 Å². The highest BCUT2D eigenvalue weighted by Gasteiger charge is 2.21. The molecule has 0 fully saturated rings. The molecule has 0 amide bonds. The average Bonchev–Trinajstić information content (AvgIpc) is 2.13. The maximum Gasteiger partial charge on any atom is 0.0243 e. The Labute approximate surface area is 90.1 Å². The maximum atomic E-state index is 3.29. The third-order valence-electron chi connectivity index (χ3n) is 3.11. The molecule has 2 heteroatoms. The van der Waals surface area contributed by atoms with Gasteiger partial charge in [-0.2, -0.15) is 0 Å². The highest BCUT2D eigenvalue weighted by atomic mass is 15.2. The first kappa shape index (κ1) is 13.9. The number of likely N-dealkylation sites (N-methyl/N-ethyl adjacent to an activating group) is 2. The Hall–Kier alpha value is -0.0800. The highest BCUT2D eigenvalue weighted by Crippen LogP contribution is 2.14. The fraction of sp³-hybridized carbons (Fsp3) is 1.00. The molecule has 2 unspecified atom stereocenters. The van der Waals surface area contributed by atoms with E-state index in [1.807, 2.05) is 7.05 Å². The summed E-state index contributed by atoms with van der Waals surface area (Å²) < 4.78 is 0. The average molecular weight is 200 g/mol. The van der Waals surface area contributed by atoms with Crippen molar-refractivity contribution in [2.45, 2.75) is 52.6 Å². The van der Waals surface area contributed by atoms with E-state index in [1.165, 1.54) is 12.8 Å². The Bertz CT molecular complexity index is 134. The number of rotatable bonds is 7. The summed E-state index contributed by atoms with van der Waals surface area (Å²) in [7, 11) is 4.29. The molecule has 0 rings (SSSR count). The largest absolute Gasteiger partial charge is 0.318 e. The molecule has 0 aliphatic rings. The van der Waals surface area contributed by atoms with Gasteiger partial charge in [-0.05, 0) is 33.4 Å². The summed E-state index contributed by atoms with van der Waals surface area (Å²) in [5, 5.41) is 3.29. The van der Waals surface area contributed by atoms with Gasteiger partial charge in [-0.25, -0.2) is 0 Å². The molecule has 0 aromatic heterocycles. The lowest BCUT2D eigenvalue weighted by Crippen LogP contribution is -2.46. The van der Waals surface area contributed by atoms with Crippen LogP contribution in [-0.2, 0) is 0 Å². The van der Waals surface area contributed by atoms with Gasteiger partial charge in [0.1, 0.15) is 0 Å². The minimum atomic E-state index is 0.654. The third kappa shape index (κ3) is 4.43. The molecule has 0 aromatic rings. The van der Waals surface area contributed by atoms with Crippen LogP contribution in [0.3, 0.4) is 0 Å². The molecule has 0 saturated carbocycles. The molecule has 14 heavy (non-hydrogen) atoms. The van der Waals surface area contributed by atoms with E-state index in [-0.39, 0.29) is 0 Å². The molecule has 2 atom stereocenters. The smallest absolute Gasteiger partial charge is 0.0243 e. The van der Waals surface area contributed by atoms with Crippen molar-refractivity contribution in [1.82, 2.24) is 10.2 Å². The van der Waals surface area contributed by atoms with E-state index >= 15 is 0 Å². The number of hydrogen-bond acceptors (Lipinski definition) is 2. The molecule has 86 valence electrons. The first-order valence-electron chi connectivity index (χ1n) is 5.91. The first-order chi connectivity index (χ1) is 6.54. The van der Waals surface area contributed by atoms with Crippen LogP contribution in [0.5, 0.6) is 0 Å². The van der Waals surface area contributed by atoms with Crippen molar-refractivity contribution in [3.8, 4) is 0 Å². The minimum Gasteiger partial charge on any atom is -0.318 e. The second-order valence-corrected chi connectivity index (χ2v) is 4.67. The molecule has 0 aliphatic carbocycles. The van der Waals surface area contributed by atoms with Crippen LogP contribution >= 0.6 is 0 Å². The predicted molar refractivity (Wildman–Crippen MR) is 64.7 cm³/mol. The SMILES string of the molecule is CCCC(C)N(C)C(CNC)C(C)C. The van der Waals surface area contributed by atoms with E-state index in [2.05, 4.69) is 45.0 Å². The van der Waals surface area contributed by atoms with E-state index in [9.17, 15) is 0 Å². The molecular formula is C12H28N2. The third-order valence-corrected chi connectivity index (χ3v) is 3.11. The van der Waals surface area contributed by atoms with Gasteiger partial charge in [-0.1, -0.05) is 27.2 Å². The summed E-state index contributed by atoms with van der Waals surface area (Å²) in [6.45, 7) is 10.3. The van der Waals surface area contributed by atoms with Crippen LogP contribution in [0.25, 0.3) is 0 Å².